The Morgan fingerprint density at radius 3 is 2.86 bits per heavy atom. The number of Topliss-reactive ketones (excluding diaryl/α,β-unsaturated/α-hetero) is 1. The van der Waals surface area contributed by atoms with Gasteiger partial charge in [-0.2, -0.15) is 0 Å². The van der Waals surface area contributed by atoms with Crippen LogP contribution in [0.5, 0.6) is 5.75 Å². The van der Waals surface area contributed by atoms with Crippen LogP contribution in [0.1, 0.15) is 36.3 Å². The number of hydrogen-bond acceptors (Lipinski definition) is 3. The average molecular weight is 281 g/mol. The first kappa shape index (κ1) is 13.8. The number of aromatic nitrogens is 1. The minimum absolute atomic E-state index is 0.305. The second-order valence-corrected chi connectivity index (χ2v) is 5.47. The number of benzene rings is 1. The van der Waals surface area contributed by atoms with E-state index >= 15 is 0 Å². The monoisotopic (exact) mass is 281 g/mol. The summed E-state index contributed by atoms with van der Waals surface area (Å²) in [5.74, 6) is 1.57. The molecule has 0 spiro atoms. The van der Waals surface area contributed by atoms with E-state index in [-0.39, 0.29) is 0 Å². The molecule has 1 unspecified atom stereocenters. The predicted molar refractivity (Wildman–Crippen MR) is 81.5 cm³/mol. The van der Waals surface area contributed by atoms with Gasteiger partial charge >= 0.3 is 0 Å². The lowest BCUT2D eigenvalue weighted by molar-refractivity contribution is -0.119. The van der Waals surface area contributed by atoms with Crippen LogP contribution in [0, 0.1) is 0 Å². The average Bonchev–Trinajstić information content (AvgIpc) is 2.54. The fourth-order valence-corrected chi connectivity index (χ4v) is 2.84. The lowest BCUT2D eigenvalue weighted by atomic mass is 9.87. The lowest BCUT2D eigenvalue weighted by Gasteiger charge is -2.25. The summed E-state index contributed by atoms with van der Waals surface area (Å²) in [5, 5.41) is 0. The molecular formula is C18H19NO2. The molecule has 2 heterocycles. The van der Waals surface area contributed by atoms with Gasteiger partial charge in [-0.05, 0) is 48.1 Å². The Bertz CT molecular complexity index is 610. The maximum Gasteiger partial charge on any atom is 0.133 e. The van der Waals surface area contributed by atoms with E-state index in [4.69, 9.17) is 4.74 Å². The highest BCUT2D eigenvalue weighted by atomic mass is 16.5. The SMILES string of the molecule is O=C(CCc1ccncc1)CC1CCOc2ccccc21. The number of para-hydroxylation sites is 1. The standard InChI is InChI=1S/C18H19NO2/c20-16(6-5-14-7-10-19-11-8-14)13-15-9-12-21-18-4-2-1-3-17(15)18/h1-4,7-8,10-11,15H,5-6,9,12-13H2. The summed E-state index contributed by atoms with van der Waals surface area (Å²) in [5.41, 5.74) is 2.35. The summed E-state index contributed by atoms with van der Waals surface area (Å²) in [7, 11) is 0. The molecule has 0 saturated heterocycles. The van der Waals surface area contributed by atoms with Crippen molar-refractivity contribution in [2.24, 2.45) is 0 Å². The number of nitrogens with zero attached hydrogens (tertiary/aromatic N) is 1. The Balaban J connectivity index is 1.58. The van der Waals surface area contributed by atoms with Gasteiger partial charge in [0.25, 0.3) is 0 Å². The molecule has 108 valence electrons. The van der Waals surface area contributed by atoms with Gasteiger partial charge in [-0.3, -0.25) is 9.78 Å². The van der Waals surface area contributed by atoms with Crippen molar-refractivity contribution in [2.45, 2.75) is 31.6 Å². The molecule has 21 heavy (non-hydrogen) atoms. The minimum atomic E-state index is 0.305. The van der Waals surface area contributed by atoms with Crippen LogP contribution >= 0.6 is 0 Å². The molecule has 0 bridgehead atoms. The lowest BCUT2D eigenvalue weighted by Crippen LogP contribution is -2.17. The van der Waals surface area contributed by atoms with E-state index in [1.807, 2.05) is 30.3 Å². The third-order valence-corrected chi connectivity index (χ3v) is 4.00. The summed E-state index contributed by atoms with van der Waals surface area (Å²) in [6.45, 7) is 0.708. The molecule has 3 heteroatoms. The molecule has 1 atom stereocenters. The highest BCUT2D eigenvalue weighted by Gasteiger charge is 2.23. The molecule has 1 aliphatic rings. The van der Waals surface area contributed by atoms with E-state index in [1.165, 1.54) is 11.1 Å². The molecule has 0 N–H and O–H groups in total. The van der Waals surface area contributed by atoms with Crippen LogP contribution in [0.25, 0.3) is 0 Å². The Morgan fingerprint density at radius 1 is 1.19 bits per heavy atom. The number of carbonyl (C=O) groups is 1. The number of fused-ring (bicyclic) bond motifs is 1. The van der Waals surface area contributed by atoms with E-state index in [1.54, 1.807) is 12.4 Å². The minimum Gasteiger partial charge on any atom is -0.493 e. The van der Waals surface area contributed by atoms with Crippen LogP contribution < -0.4 is 4.74 Å². The largest absolute Gasteiger partial charge is 0.493 e. The summed E-state index contributed by atoms with van der Waals surface area (Å²) >= 11 is 0. The summed E-state index contributed by atoms with van der Waals surface area (Å²) in [4.78, 5) is 16.2. The highest BCUT2D eigenvalue weighted by molar-refractivity contribution is 5.79. The molecule has 2 aromatic rings. The van der Waals surface area contributed by atoms with Crippen molar-refractivity contribution in [1.29, 1.82) is 0 Å². The zero-order chi connectivity index (χ0) is 14.5. The molecular weight excluding hydrogens is 262 g/mol. The number of ketones is 1. The van der Waals surface area contributed by atoms with E-state index in [0.717, 1.165) is 18.6 Å². The maximum atomic E-state index is 12.2. The van der Waals surface area contributed by atoms with Crippen molar-refractivity contribution < 1.29 is 9.53 Å². The predicted octanol–water partition coefficient (Wildman–Crippen LogP) is 3.54. The third-order valence-electron chi connectivity index (χ3n) is 4.00. The van der Waals surface area contributed by atoms with Crippen molar-refractivity contribution in [3.8, 4) is 5.75 Å². The molecule has 0 saturated carbocycles. The zero-order valence-electron chi connectivity index (χ0n) is 12.0. The summed E-state index contributed by atoms with van der Waals surface area (Å²) in [6, 6.07) is 12.0. The molecule has 1 aromatic carbocycles. The molecule has 3 nitrogen and oxygen atoms in total. The second-order valence-electron chi connectivity index (χ2n) is 5.47. The first-order chi connectivity index (χ1) is 10.3. The number of rotatable bonds is 5. The highest BCUT2D eigenvalue weighted by Crippen LogP contribution is 2.35. The number of aryl methyl sites for hydroxylation is 1. The van der Waals surface area contributed by atoms with Crippen LogP contribution in [0.3, 0.4) is 0 Å². The van der Waals surface area contributed by atoms with Crippen LogP contribution in [-0.4, -0.2) is 17.4 Å². The van der Waals surface area contributed by atoms with Gasteiger partial charge in [-0.25, -0.2) is 0 Å². The van der Waals surface area contributed by atoms with Crippen LogP contribution in [0.2, 0.25) is 0 Å². The summed E-state index contributed by atoms with van der Waals surface area (Å²) in [6.07, 6.45) is 6.49. The van der Waals surface area contributed by atoms with Crippen molar-refractivity contribution in [3.05, 3.63) is 59.9 Å². The van der Waals surface area contributed by atoms with Crippen molar-refractivity contribution in [3.63, 3.8) is 0 Å². The smallest absolute Gasteiger partial charge is 0.133 e. The third kappa shape index (κ3) is 3.48. The Morgan fingerprint density at radius 2 is 2.00 bits per heavy atom. The Kier molecular flexibility index (Phi) is 4.29. The molecule has 1 aromatic heterocycles. The van der Waals surface area contributed by atoms with E-state index in [0.29, 0.717) is 31.1 Å². The fourth-order valence-electron chi connectivity index (χ4n) is 2.84. The molecule has 1 aliphatic heterocycles. The molecule has 0 fully saturated rings. The van der Waals surface area contributed by atoms with E-state index in [2.05, 4.69) is 11.1 Å². The second kappa shape index (κ2) is 6.53. The number of hydrogen-bond donors (Lipinski definition) is 0. The van der Waals surface area contributed by atoms with Crippen LogP contribution in [0.15, 0.2) is 48.8 Å². The van der Waals surface area contributed by atoms with E-state index < -0.39 is 0 Å². The van der Waals surface area contributed by atoms with Crippen LogP contribution in [-0.2, 0) is 11.2 Å². The first-order valence-corrected chi connectivity index (χ1v) is 7.45. The van der Waals surface area contributed by atoms with Gasteiger partial charge in [0.15, 0.2) is 0 Å². The Labute approximate surface area is 125 Å². The number of ether oxygens (including phenoxy) is 1. The Hall–Kier alpha value is -2.16. The fraction of sp³-hybridized carbons (Fsp3) is 0.333. The topological polar surface area (TPSA) is 39.2 Å². The van der Waals surface area contributed by atoms with Gasteiger partial charge in [0.2, 0.25) is 0 Å². The van der Waals surface area contributed by atoms with Crippen molar-refractivity contribution >= 4 is 5.78 Å². The normalized spacial score (nSPS) is 16.9. The number of pyridine rings is 1. The first-order valence-electron chi connectivity index (χ1n) is 7.45. The van der Waals surface area contributed by atoms with Gasteiger partial charge in [-0.15, -0.1) is 0 Å². The van der Waals surface area contributed by atoms with Crippen molar-refractivity contribution in [1.82, 2.24) is 4.98 Å². The molecule has 0 radical (unpaired) electrons. The quantitative estimate of drug-likeness (QED) is 0.841. The summed E-state index contributed by atoms with van der Waals surface area (Å²) < 4.78 is 5.65. The zero-order valence-corrected chi connectivity index (χ0v) is 12.0. The van der Waals surface area contributed by atoms with Gasteiger partial charge < -0.3 is 4.74 Å². The molecule has 0 amide bonds. The molecule has 3 rings (SSSR count). The van der Waals surface area contributed by atoms with Gasteiger partial charge in [-0.1, -0.05) is 18.2 Å². The van der Waals surface area contributed by atoms with Crippen molar-refractivity contribution in [2.75, 3.05) is 6.61 Å². The van der Waals surface area contributed by atoms with Crippen LogP contribution in [0.4, 0.5) is 0 Å². The maximum absolute atomic E-state index is 12.2. The van der Waals surface area contributed by atoms with Gasteiger partial charge in [0.05, 0.1) is 6.61 Å². The number of carbonyl (C=O) groups excluding carboxylic acids is 1. The van der Waals surface area contributed by atoms with E-state index in [9.17, 15) is 4.79 Å². The van der Waals surface area contributed by atoms with Gasteiger partial charge in [0, 0.05) is 25.2 Å². The molecule has 0 aliphatic carbocycles. The van der Waals surface area contributed by atoms with Gasteiger partial charge in [0.1, 0.15) is 11.5 Å².